The first-order valence-corrected chi connectivity index (χ1v) is 6.68. The van der Waals surface area contributed by atoms with E-state index in [1.807, 2.05) is 0 Å². The zero-order valence-electron chi connectivity index (χ0n) is 10.7. The molecule has 102 valence electrons. The zero-order valence-corrected chi connectivity index (χ0v) is 12.3. The minimum absolute atomic E-state index is 0.128. The van der Waals surface area contributed by atoms with Gasteiger partial charge in [0.2, 0.25) is 0 Å². The van der Waals surface area contributed by atoms with Gasteiger partial charge >= 0.3 is 0 Å². The molecule has 0 heterocycles. The third-order valence-corrected chi connectivity index (χ3v) is 3.25. The molecule has 1 amide bonds. The largest absolute Gasteiger partial charge is 0.507 e. The molecule has 0 spiro atoms. The smallest absolute Gasteiger partial charge is 0.259 e. The Morgan fingerprint density at radius 2 is 1.80 bits per heavy atom. The van der Waals surface area contributed by atoms with Crippen molar-refractivity contribution in [3.63, 3.8) is 0 Å². The number of carbonyl (C=O) groups is 2. The Balaban J connectivity index is 2.30. The molecule has 0 saturated heterocycles. The molecule has 2 N–H and O–H groups in total. The maximum atomic E-state index is 12.1. The first-order chi connectivity index (χ1) is 9.49. The highest BCUT2D eigenvalue weighted by atomic mass is 79.9. The number of carbonyl (C=O) groups excluding carboxylic acids is 2. The van der Waals surface area contributed by atoms with Crippen LogP contribution in [0.1, 0.15) is 27.6 Å². The highest BCUT2D eigenvalue weighted by Crippen LogP contribution is 2.24. The summed E-state index contributed by atoms with van der Waals surface area (Å²) in [4.78, 5) is 23.6. The van der Waals surface area contributed by atoms with Crippen molar-refractivity contribution >= 4 is 33.3 Å². The summed E-state index contributed by atoms with van der Waals surface area (Å²) in [5.41, 5.74) is 0.997. The maximum absolute atomic E-state index is 12.1. The molecule has 0 unspecified atom stereocenters. The van der Waals surface area contributed by atoms with Crippen molar-refractivity contribution in [3.8, 4) is 5.75 Å². The molecule has 0 radical (unpaired) electrons. The first kappa shape index (κ1) is 14.3. The molecule has 0 aliphatic rings. The predicted octanol–water partition coefficient (Wildman–Crippen LogP) is 3.61. The molecule has 4 nitrogen and oxygen atoms in total. The van der Waals surface area contributed by atoms with E-state index in [1.165, 1.54) is 19.1 Å². The Kier molecular flexibility index (Phi) is 4.20. The van der Waals surface area contributed by atoms with Crippen LogP contribution in [0.4, 0.5) is 5.69 Å². The number of Topliss-reactive ketones (excluding diaryl/α,β-unsaturated/α-hetero) is 1. The van der Waals surface area contributed by atoms with E-state index in [0.717, 1.165) is 0 Å². The highest BCUT2D eigenvalue weighted by Gasteiger charge is 2.14. The first-order valence-electron chi connectivity index (χ1n) is 5.89. The summed E-state index contributed by atoms with van der Waals surface area (Å²) >= 11 is 3.21. The third kappa shape index (κ3) is 3.05. The molecule has 0 aliphatic heterocycles. The minimum atomic E-state index is -0.469. The fraction of sp³-hybridized carbons (Fsp3) is 0.0667. The second-order valence-electron chi connectivity index (χ2n) is 4.22. The second kappa shape index (κ2) is 5.88. The van der Waals surface area contributed by atoms with Crippen LogP contribution in [0.2, 0.25) is 0 Å². The van der Waals surface area contributed by atoms with Crippen molar-refractivity contribution in [1.29, 1.82) is 0 Å². The van der Waals surface area contributed by atoms with Crippen LogP contribution in [0.15, 0.2) is 46.9 Å². The number of hydrogen-bond donors (Lipinski definition) is 2. The lowest BCUT2D eigenvalue weighted by molar-refractivity contribution is 0.101. The lowest BCUT2D eigenvalue weighted by atomic mass is 10.1. The molecule has 2 aromatic rings. The topological polar surface area (TPSA) is 66.4 Å². The van der Waals surface area contributed by atoms with Gasteiger partial charge in [-0.25, -0.2) is 0 Å². The summed E-state index contributed by atoms with van der Waals surface area (Å²) in [5, 5.41) is 12.4. The van der Waals surface area contributed by atoms with Crippen molar-refractivity contribution in [2.75, 3.05) is 5.32 Å². The number of para-hydroxylation sites is 1. The molecule has 0 aliphatic carbocycles. The van der Waals surface area contributed by atoms with Gasteiger partial charge in [-0.1, -0.05) is 28.1 Å². The minimum Gasteiger partial charge on any atom is -0.507 e. The summed E-state index contributed by atoms with van der Waals surface area (Å²) in [5.74, 6) is -0.734. The molecule has 0 atom stereocenters. The number of ketones is 1. The van der Waals surface area contributed by atoms with E-state index in [0.29, 0.717) is 15.7 Å². The molecule has 2 aromatic carbocycles. The Hall–Kier alpha value is -2.14. The summed E-state index contributed by atoms with van der Waals surface area (Å²) in [6.07, 6.45) is 0. The van der Waals surface area contributed by atoms with Crippen LogP contribution in [-0.4, -0.2) is 16.8 Å². The summed E-state index contributed by atoms with van der Waals surface area (Å²) in [6.45, 7) is 1.43. The van der Waals surface area contributed by atoms with Crippen molar-refractivity contribution in [3.05, 3.63) is 58.1 Å². The molecule has 0 saturated carbocycles. The number of nitrogens with one attached hydrogen (secondary N) is 1. The second-order valence-corrected chi connectivity index (χ2v) is 5.13. The number of rotatable bonds is 3. The number of anilines is 1. The van der Waals surface area contributed by atoms with Crippen LogP contribution in [0.25, 0.3) is 0 Å². The Morgan fingerprint density at radius 1 is 1.10 bits per heavy atom. The van der Waals surface area contributed by atoms with Crippen LogP contribution < -0.4 is 5.32 Å². The molecule has 0 bridgehead atoms. The Morgan fingerprint density at radius 3 is 2.45 bits per heavy atom. The van der Waals surface area contributed by atoms with Gasteiger partial charge < -0.3 is 10.4 Å². The number of hydrogen-bond acceptors (Lipinski definition) is 3. The number of aromatic hydroxyl groups is 1. The van der Waals surface area contributed by atoms with Crippen LogP contribution in [0.3, 0.4) is 0 Å². The van der Waals surface area contributed by atoms with Crippen molar-refractivity contribution in [2.45, 2.75) is 6.92 Å². The lowest BCUT2D eigenvalue weighted by Crippen LogP contribution is -2.14. The predicted molar refractivity (Wildman–Crippen MR) is 80.2 cm³/mol. The van der Waals surface area contributed by atoms with Crippen LogP contribution in [-0.2, 0) is 0 Å². The van der Waals surface area contributed by atoms with Gasteiger partial charge in [0.1, 0.15) is 5.75 Å². The van der Waals surface area contributed by atoms with E-state index in [4.69, 9.17) is 0 Å². The average Bonchev–Trinajstić information content (AvgIpc) is 2.38. The van der Waals surface area contributed by atoms with Crippen molar-refractivity contribution < 1.29 is 14.7 Å². The Bertz CT molecular complexity index is 683. The summed E-state index contributed by atoms with van der Waals surface area (Å²) in [7, 11) is 0. The van der Waals surface area contributed by atoms with Crippen LogP contribution in [0.5, 0.6) is 5.75 Å². The normalized spacial score (nSPS) is 10.1. The Labute approximate surface area is 124 Å². The maximum Gasteiger partial charge on any atom is 0.259 e. The van der Waals surface area contributed by atoms with Gasteiger partial charge in [-0.15, -0.1) is 0 Å². The van der Waals surface area contributed by atoms with E-state index in [2.05, 4.69) is 21.2 Å². The lowest BCUT2D eigenvalue weighted by Gasteiger charge is -2.10. The van der Waals surface area contributed by atoms with Gasteiger partial charge in [0.25, 0.3) is 5.91 Å². The van der Waals surface area contributed by atoms with Gasteiger partial charge in [0, 0.05) is 10.0 Å². The van der Waals surface area contributed by atoms with E-state index < -0.39 is 5.91 Å². The SMILES string of the molecule is CC(=O)c1ccccc1NC(=O)c1ccc(Br)cc1O. The highest BCUT2D eigenvalue weighted by molar-refractivity contribution is 9.10. The monoisotopic (exact) mass is 333 g/mol. The van der Waals surface area contributed by atoms with E-state index in [-0.39, 0.29) is 17.1 Å². The molecule has 2 rings (SSSR count). The van der Waals surface area contributed by atoms with E-state index in [9.17, 15) is 14.7 Å². The number of halogens is 1. The quantitative estimate of drug-likeness (QED) is 0.843. The summed E-state index contributed by atoms with van der Waals surface area (Å²) < 4.78 is 0.677. The fourth-order valence-electron chi connectivity index (χ4n) is 1.79. The van der Waals surface area contributed by atoms with Gasteiger partial charge in [0.15, 0.2) is 5.78 Å². The third-order valence-electron chi connectivity index (χ3n) is 2.76. The van der Waals surface area contributed by atoms with Crippen LogP contribution >= 0.6 is 15.9 Å². The summed E-state index contributed by atoms with van der Waals surface area (Å²) in [6, 6.07) is 11.3. The van der Waals surface area contributed by atoms with Gasteiger partial charge in [-0.3, -0.25) is 9.59 Å². The van der Waals surface area contributed by atoms with E-state index >= 15 is 0 Å². The van der Waals surface area contributed by atoms with Gasteiger partial charge in [-0.2, -0.15) is 0 Å². The number of phenolic OH excluding ortho intramolecular Hbond substituents is 1. The van der Waals surface area contributed by atoms with Gasteiger partial charge in [-0.05, 0) is 37.3 Å². The van der Waals surface area contributed by atoms with Crippen molar-refractivity contribution in [2.24, 2.45) is 0 Å². The zero-order chi connectivity index (χ0) is 14.7. The van der Waals surface area contributed by atoms with Gasteiger partial charge in [0.05, 0.1) is 11.3 Å². The molecular weight excluding hydrogens is 322 g/mol. The molecule has 5 heteroatoms. The average molecular weight is 334 g/mol. The van der Waals surface area contributed by atoms with Crippen LogP contribution in [0, 0.1) is 0 Å². The standard InChI is InChI=1S/C15H12BrNO3/c1-9(18)11-4-2-3-5-13(11)17-15(20)12-7-6-10(16)8-14(12)19/h2-8,19H,1H3,(H,17,20). The molecule has 0 aromatic heterocycles. The number of benzene rings is 2. The molecule has 0 fully saturated rings. The fourth-order valence-corrected chi connectivity index (χ4v) is 2.13. The molecular formula is C15H12BrNO3. The van der Waals surface area contributed by atoms with E-state index in [1.54, 1.807) is 30.3 Å². The number of phenols is 1. The number of amides is 1. The van der Waals surface area contributed by atoms with Crippen molar-refractivity contribution in [1.82, 2.24) is 0 Å². The molecule has 20 heavy (non-hydrogen) atoms.